The molecule has 2 saturated carbocycles. The molecule has 0 aliphatic heterocycles. The molecule has 0 atom stereocenters. The van der Waals surface area contributed by atoms with Gasteiger partial charge in [0.05, 0.1) is 0 Å². The predicted octanol–water partition coefficient (Wildman–Crippen LogP) is 3.56. The quantitative estimate of drug-likeness (QED) is 0.826. The van der Waals surface area contributed by atoms with Crippen LogP contribution in [0.15, 0.2) is 0 Å². The minimum atomic E-state index is 0.784. The van der Waals surface area contributed by atoms with E-state index in [2.05, 4.69) is 24.3 Å². The highest BCUT2D eigenvalue weighted by molar-refractivity contribution is 4.84. The molecule has 0 aromatic heterocycles. The highest BCUT2D eigenvalue weighted by atomic mass is 15.2. The molecule has 0 radical (unpaired) electrons. The fourth-order valence-corrected chi connectivity index (χ4v) is 3.91. The van der Waals surface area contributed by atoms with E-state index in [1.807, 2.05) is 0 Å². The molecule has 2 fully saturated rings. The van der Waals surface area contributed by atoms with Gasteiger partial charge in [-0.1, -0.05) is 32.1 Å². The van der Waals surface area contributed by atoms with Crippen molar-refractivity contribution in [2.75, 3.05) is 14.1 Å². The van der Waals surface area contributed by atoms with Gasteiger partial charge >= 0.3 is 0 Å². The van der Waals surface area contributed by atoms with Crippen LogP contribution in [0.4, 0.5) is 0 Å². The van der Waals surface area contributed by atoms with E-state index < -0.39 is 0 Å². The summed E-state index contributed by atoms with van der Waals surface area (Å²) in [6.45, 7) is 0. The molecule has 0 bridgehead atoms. The first-order valence-corrected chi connectivity index (χ1v) is 8.20. The highest BCUT2D eigenvalue weighted by Gasteiger charge is 2.27. The Balaban J connectivity index is 1.80. The normalized spacial score (nSPS) is 32.2. The SMILES string of the molecule is CNC1CCC(N(C)C2CCCCCCC2)CC1. The van der Waals surface area contributed by atoms with Gasteiger partial charge in [-0.05, 0) is 52.6 Å². The lowest BCUT2D eigenvalue weighted by Gasteiger charge is -2.40. The molecule has 106 valence electrons. The third-order valence-corrected chi connectivity index (χ3v) is 5.33. The third kappa shape index (κ3) is 3.96. The number of nitrogens with one attached hydrogen (secondary N) is 1. The molecular formula is C16H32N2. The van der Waals surface area contributed by atoms with Crippen LogP contribution in [0.5, 0.6) is 0 Å². The van der Waals surface area contributed by atoms with E-state index in [4.69, 9.17) is 0 Å². The van der Waals surface area contributed by atoms with Crippen molar-refractivity contribution in [1.82, 2.24) is 10.2 Å². The Labute approximate surface area is 114 Å². The maximum absolute atomic E-state index is 3.44. The van der Waals surface area contributed by atoms with Gasteiger partial charge in [0.2, 0.25) is 0 Å². The molecule has 2 aliphatic carbocycles. The van der Waals surface area contributed by atoms with Crippen molar-refractivity contribution in [3.8, 4) is 0 Å². The van der Waals surface area contributed by atoms with E-state index in [0.717, 1.165) is 18.1 Å². The number of hydrogen-bond acceptors (Lipinski definition) is 2. The Bertz CT molecular complexity index is 213. The second kappa shape index (κ2) is 7.49. The van der Waals surface area contributed by atoms with Crippen LogP contribution in [0.2, 0.25) is 0 Å². The minimum Gasteiger partial charge on any atom is -0.317 e. The smallest absolute Gasteiger partial charge is 0.00963 e. The summed E-state index contributed by atoms with van der Waals surface area (Å²) in [7, 11) is 4.51. The Morgan fingerprint density at radius 3 is 1.78 bits per heavy atom. The number of nitrogens with zero attached hydrogens (tertiary/aromatic N) is 1. The zero-order valence-corrected chi connectivity index (χ0v) is 12.5. The molecule has 18 heavy (non-hydrogen) atoms. The van der Waals surface area contributed by atoms with Crippen molar-refractivity contribution in [3.63, 3.8) is 0 Å². The van der Waals surface area contributed by atoms with Gasteiger partial charge in [0.1, 0.15) is 0 Å². The second-order valence-corrected chi connectivity index (χ2v) is 6.46. The van der Waals surface area contributed by atoms with Gasteiger partial charge < -0.3 is 10.2 Å². The molecule has 2 nitrogen and oxygen atoms in total. The Morgan fingerprint density at radius 1 is 0.722 bits per heavy atom. The van der Waals surface area contributed by atoms with Crippen molar-refractivity contribution in [2.45, 2.75) is 88.8 Å². The molecule has 0 heterocycles. The van der Waals surface area contributed by atoms with Crippen molar-refractivity contribution in [1.29, 1.82) is 0 Å². The molecule has 0 saturated heterocycles. The largest absolute Gasteiger partial charge is 0.317 e. The lowest BCUT2D eigenvalue weighted by Crippen LogP contribution is -2.44. The molecule has 2 heteroatoms. The summed E-state index contributed by atoms with van der Waals surface area (Å²) >= 11 is 0. The second-order valence-electron chi connectivity index (χ2n) is 6.46. The van der Waals surface area contributed by atoms with E-state index in [1.165, 1.54) is 70.6 Å². The Morgan fingerprint density at radius 2 is 1.22 bits per heavy atom. The average molecular weight is 252 g/mol. The van der Waals surface area contributed by atoms with E-state index in [0.29, 0.717) is 0 Å². The molecular weight excluding hydrogens is 220 g/mol. The van der Waals surface area contributed by atoms with Gasteiger partial charge in [0, 0.05) is 18.1 Å². The van der Waals surface area contributed by atoms with E-state index in [1.54, 1.807) is 0 Å². The molecule has 0 aromatic carbocycles. The van der Waals surface area contributed by atoms with Crippen LogP contribution in [0.1, 0.15) is 70.6 Å². The van der Waals surface area contributed by atoms with E-state index >= 15 is 0 Å². The van der Waals surface area contributed by atoms with Gasteiger partial charge in [0.15, 0.2) is 0 Å². The van der Waals surface area contributed by atoms with Crippen molar-refractivity contribution in [2.24, 2.45) is 0 Å². The van der Waals surface area contributed by atoms with Gasteiger partial charge in [-0.15, -0.1) is 0 Å². The maximum Gasteiger partial charge on any atom is 0.00963 e. The first kappa shape index (κ1) is 14.3. The topological polar surface area (TPSA) is 15.3 Å². The lowest BCUT2D eigenvalue weighted by atomic mass is 9.88. The van der Waals surface area contributed by atoms with Crippen LogP contribution in [0.25, 0.3) is 0 Å². The van der Waals surface area contributed by atoms with Crippen LogP contribution >= 0.6 is 0 Å². The summed E-state index contributed by atoms with van der Waals surface area (Å²) < 4.78 is 0. The summed E-state index contributed by atoms with van der Waals surface area (Å²) in [5, 5.41) is 3.44. The minimum absolute atomic E-state index is 0.784. The molecule has 0 spiro atoms. The van der Waals surface area contributed by atoms with Crippen molar-refractivity contribution in [3.05, 3.63) is 0 Å². The molecule has 1 N–H and O–H groups in total. The third-order valence-electron chi connectivity index (χ3n) is 5.33. The van der Waals surface area contributed by atoms with Crippen LogP contribution < -0.4 is 5.32 Å². The summed E-state index contributed by atoms with van der Waals surface area (Å²) in [6, 6.07) is 2.52. The number of rotatable bonds is 3. The predicted molar refractivity (Wildman–Crippen MR) is 79.0 cm³/mol. The first-order valence-electron chi connectivity index (χ1n) is 8.20. The standard InChI is InChI=1S/C16H32N2/c1-17-14-10-12-16(13-11-14)18(2)15-8-6-4-3-5-7-9-15/h14-17H,3-13H2,1-2H3. The van der Waals surface area contributed by atoms with Gasteiger partial charge in [-0.3, -0.25) is 0 Å². The van der Waals surface area contributed by atoms with Gasteiger partial charge in [-0.25, -0.2) is 0 Å². The van der Waals surface area contributed by atoms with E-state index in [9.17, 15) is 0 Å². The first-order chi connectivity index (χ1) is 8.81. The summed E-state index contributed by atoms with van der Waals surface area (Å²) in [4.78, 5) is 2.75. The van der Waals surface area contributed by atoms with Crippen molar-refractivity contribution >= 4 is 0 Å². The van der Waals surface area contributed by atoms with Gasteiger partial charge in [0.25, 0.3) is 0 Å². The van der Waals surface area contributed by atoms with Crippen molar-refractivity contribution < 1.29 is 0 Å². The molecule has 2 rings (SSSR count). The summed E-state index contributed by atoms with van der Waals surface area (Å²) in [5.74, 6) is 0. The van der Waals surface area contributed by atoms with Crippen LogP contribution in [-0.2, 0) is 0 Å². The lowest BCUT2D eigenvalue weighted by molar-refractivity contribution is 0.110. The van der Waals surface area contributed by atoms with Crippen LogP contribution in [0.3, 0.4) is 0 Å². The number of hydrogen-bond donors (Lipinski definition) is 1. The Hall–Kier alpha value is -0.0800. The zero-order valence-electron chi connectivity index (χ0n) is 12.5. The van der Waals surface area contributed by atoms with Crippen LogP contribution in [0, 0.1) is 0 Å². The average Bonchev–Trinajstić information content (AvgIpc) is 2.38. The monoisotopic (exact) mass is 252 g/mol. The zero-order chi connectivity index (χ0) is 12.8. The molecule has 0 unspecified atom stereocenters. The Kier molecular flexibility index (Phi) is 5.97. The van der Waals surface area contributed by atoms with Crippen LogP contribution in [-0.4, -0.2) is 37.1 Å². The summed E-state index contributed by atoms with van der Waals surface area (Å²) in [5.41, 5.74) is 0. The molecule has 0 amide bonds. The maximum atomic E-state index is 3.44. The molecule has 2 aliphatic rings. The van der Waals surface area contributed by atoms with Gasteiger partial charge in [-0.2, -0.15) is 0 Å². The fourth-order valence-electron chi connectivity index (χ4n) is 3.91. The summed E-state index contributed by atoms with van der Waals surface area (Å²) in [6.07, 6.45) is 15.8. The van der Waals surface area contributed by atoms with E-state index in [-0.39, 0.29) is 0 Å². The highest BCUT2D eigenvalue weighted by Crippen LogP contribution is 2.28. The molecule has 0 aromatic rings. The fraction of sp³-hybridized carbons (Fsp3) is 1.00.